The Balaban J connectivity index is 0.00000288. The Hall–Kier alpha value is -2.15. The summed E-state index contributed by atoms with van der Waals surface area (Å²) in [6.45, 7) is 1.07. The molecule has 5 N–H and O–H groups in total. The number of nitrogens with two attached hydrogens (primary N) is 1. The number of hydrogen-bond acceptors (Lipinski definition) is 6. The molecule has 2 aromatic carbocycles. The summed E-state index contributed by atoms with van der Waals surface area (Å²) in [5.74, 6) is 1.37. The van der Waals surface area contributed by atoms with Crippen LogP contribution in [0.5, 0.6) is 11.5 Å². The van der Waals surface area contributed by atoms with Gasteiger partial charge in [-0.1, -0.05) is 12.1 Å². The highest BCUT2D eigenvalue weighted by molar-refractivity contribution is 5.85. The predicted octanol–water partition coefficient (Wildman–Crippen LogP) is 2.04. The normalized spacial score (nSPS) is 9.92. The van der Waals surface area contributed by atoms with Crippen LogP contribution in [0.15, 0.2) is 42.5 Å². The molecule has 7 heteroatoms. The van der Waals surface area contributed by atoms with Crippen molar-refractivity contribution in [3.05, 3.63) is 48.0 Å². The fraction of sp³-hybridized carbons (Fsp3) is 0.294. The number of nitrogen functional groups attached to an aromatic ring is 1. The maximum atomic E-state index is 8.87. The molecule has 0 aliphatic rings. The first-order valence-electron chi connectivity index (χ1n) is 7.42. The van der Waals surface area contributed by atoms with Gasteiger partial charge >= 0.3 is 0 Å². The lowest BCUT2D eigenvalue weighted by Gasteiger charge is -2.14. The van der Waals surface area contributed by atoms with E-state index >= 15 is 0 Å². The number of benzene rings is 2. The highest BCUT2D eigenvalue weighted by Gasteiger charge is 2.05. The molecular weight excluding hydrogens is 332 g/mol. The molecule has 0 aromatic heterocycles. The summed E-state index contributed by atoms with van der Waals surface area (Å²) in [7, 11) is 0. The van der Waals surface area contributed by atoms with E-state index in [1.807, 2.05) is 24.3 Å². The van der Waals surface area contributed by atoms with E-state index in [2.05, 4.69) is 5.32 Å². The maximum absolute atomic E-state index is 8.87. The standard InChI is InChI=1S/C17H22N2O4.ClH/c18-14-3-6-17(23-10-8-21)16(11-14)19-12-13-1-4-15(5-2-13)22-9-7-20;/h1-6,11,19-21H,7-10,12,18H2;1H. The average molecular weight is 355 g/mol. The molecule has 0 aliphatic heterocycles. The topological polar surface area (TPSA) is 97.0 Å². The van der Waals surface area contributed by atoms with Gasteiger partial charge in [-0.25, -0.2) is 0 Å². The molecule has 0 heterocycles. The monoisotopic (exact) mass is 354 g/mol. The molecule has 0 atom stereocenters. The molecule has 0 saturated carbocycles. The summed E-state index contributed by atoms with van der Waals surface area (Å²) >= 11 is 0. The molecule has 6 nitrogen and oxygen atoms in total. The molecule has 132 valence electrons. The van der Waals surface area contributed by atoms with Crippen LogP contribution in [-0.2, 0) is 6.54 Å². The molecule has 0 bridgehead atoms. The molecule has 2 aromatic rings. The van der Waals surface area contributed by atoms with E-state index in [0.717, 1.165) is 17.0 Å². The van der Waals surface area contributed by atoms with Crippen molar-refractivity contribution < 1.29 is 19.7 Å². The zero-order valence-corrected chi connectivity index (χ0v) is 14.1. The Labute approximate surface area is 147 Å². The van der Waals surface area contributed by atoms with E-state index in [1.165, 1.54) is 0 Å². The van der Waals surface area contributed by atoms with Gasteiger partial charge in [-0.3, -0.25) is 0 Å². The third-order valence-corrected chi connectivity index (χ3v) is 3.12. The zero-order valence-electron chi connectivity index (χ0n) is 13.3. The molecule has 0 saturated heterocycles. The van der Waals surface area contributed by atoms with Crippen LogP contribution in [0.1, 0.15) is 5.56 Å². The highest BCUT2D eigenvalue weighted by Crippen LogP contribution is 2.27. The van der Waals surface area contributed by atoms with E-state index in [4.69, 9.17) is 25.4 Å². The molecule has 0 unspecified atom stereocenters. The minimum absolute atomic E-state index is 0. The highest BCUT2D eigenvalue weighted by atomic mass is 35.5. The number of aliphatic hydroxyl groups excluding tert-OH is 2. The number of hydrogen-bond donors (Lipinski definition) is 4. The third-order valence-electron chi connectivity index (χ3n) is 3.12. The van der Waals surface area contributed by atoms with Gasteiger partial charge in [-0.15, -0.1) is 12.4 Å². The fourth-order valence-electron chi connectivity index (χ4n) is 2.03. The molecular formula is C17H23ClN2O4. The van der Waals surface area contributed by atoms with E-state index in [-0.39, 0.29) is 38.8 Å². The summed E-state index contributed by atoms with van der Waals surface area (Å²) in [5, 5.41) is 20.9. The van der Waals surface area contributed by atoms with Gasteiger partial charge in [0, 0.05) is 12.2 Å². The molecule has 0 spiro atoms. The molecule has 0 amide bonds. The number of halogens is 1. The van der Waals surface area contributed by atoms with E-state index < -0.39 is 0 Å². The Morgan fingerprint density at radius 1 is 0.917 bits per heavy atom. The first kappa shape index (κ1) is 19.9. The smallest absolute Gasteiger partial charge is 0.142 e. The second-order valence-electron chi connectivity index (χ2n) is 4.90. The Morgan fingerprint density at radius 2 is 1.58 bits per heavy atom. The van der Waals surface area contributed by atoms with Crippen LogP contribution in [0, 0.1) is 0 Å². The lowest BCUT2D eigenvalue weighted by atomic mass is 10.2. The average Bonchev–Trinajstić information content (AvgIpc) is 2.58. The first-order chi connectivity index (χ1) is 11.2. The summed E-state index contributed by atoms with van der Waals surface area (Å²) in [6, 6.07) is 12.9. The van der Waals surface area contributed by atoms with E-state index in [0.29, 0.717) is 18.0 Å². The maximum Gasteiger partial charge on any atom is 0.142 e. The number of rotatable bonds is 9. The molecule has 0 fully saturated rings. The van der Waals surface area contributed by atoms with Crippen molar-refractivity contribution in [2.75, 3.05) is 37.5 Å². The van der Waals surface area contributed by atoms with Gasteiger partial charge in [0.2, 0.25) is 0 Å². The second-order valence-corrected chi connectivity index (χ2v) is 4.90. The van der Waals surface area contributed by atoms with Crippen LogP contribution in [0.2, 0.25) is 0 Å². The van der Waals surface area contributed by atoms with Gasteiger partial charge in [-0.2, -0.15) is 0 Å². The van der Waals surface area contributed by atoms with Crippen LogP contribution < -0.4 is 20.5 Å². The summed E-state index contributed by atoms with van der Waals surface area (Å²) < 4.78 is 10.8. The minimum atomic E-state index is -0.0425. The fourth-order valence-corrected chi connectivity index (χ4v) is 2.03. The van der Waals surface area contributed by atoms with Gasteiger partial charge in [0.25, 0.3) is 0 Å². The minimum Gasteiger partial charge on any atom is -0.491 e. The number of nitrogens with one attached hydrogen (secondary N) is 1. The lowest BCUT2D eigenvalue weighted by molar-refractivity contribution is 0.201. The van der Waals surface area contributed by atoms with Crippen LogP contribution in [-0.4, -0.2) is 36.6 Å². The van der Waals surface area contributed by atoms with Crippen LogP contribution in [0.25, 0.3) is 0 Å². The SMILES string of the molecule is Cl.Nc1ccc(OCCO)c(NCc2ccc(OCCO)cc2)c1. The first-order valence-corrected chi connectivity index (χ1v) is 7.42. The van der Waals surface area contributed by atoms with Crippen LogP contribution in [0.4, 0.5) is 11.4 Å². The molecule has 2 rings (SSSR count). The van der Waals surface area contributed by atoms with Crippen molar-refractivity contribution in [1.82, 2.24) is 0 Å². The van der Waals surface area contributed by atoms with Gasteiger partial charge in [-0.05, 0) is 35.9 Å². The number of ether oxygens (including phenoxy) is 2. The van der Waals surface area contributed by atoms with Gasteiger partial charge in [0.15, 0.2) is 0 Å². The Bertz CT molecular complexity index is 608. The summed E-state index contributed by atoms with van der Waals surface area (Å²) in [5.41, 5.74) is 8.29. The van der Waals surface area contributed by atoms with Gasteiger partial charge in [0.1, 0.15) is 24.7 Å². The summed E-state index contributed by atoms with van der Waals surface area (Å²) in [6.07, 6.45) is 0. The van der Waals surface area contributed by atoms with Gasteiger partial charge in [0.05, 0.1) is 18.9 Å². The molecule has 0 aliphatic carbocycles. The van der Waals surface area contributed by atoms with E-state index in [9.17, 15) is 0 Å². The van der Waals surface area contributed by atoms with Crippen molar-refractivity contribution in [3.63, 3.8) is 0 Å². The van der Waals surface area contributed by atoms with Crippen molar-refractivity contribution in [2.45, 2.75) is 6.54 Å². The largest absolute Gasteiger partial charge is 0.491 e. The van der Waals surface area contributed by atoms with Crippen LogP contribution >= 0.6 is 12.4 Å². The Morgan fingerprint density at radius 3 is 2.25 bits per heavy atom. The molecule has 0 radical (unpaired) electrons. The van der Waals surface area contributed by atoms with Crippen molar-refractivity contribution in [1.29, 1.82) is 0 Å². The molecule has 24 heavy (non-hydrogen) atoms. The second kappa shape index (κ2) is 10.6. The van der Waals surface area contributed by atoms with Crippen molar-refractivity contribution >= 4 is 23.8 Å². The number of anilines is 2. The number of aliphatic hydroxyl groups is 2. The predicted molar refractivity (Wildman–Crippen MR) is 97.0 cm³/mol. The summed E-state index contributed by atoms with van der Waals surface area (Å²) in [4.78, 5) is 0. The Kier molecular flexibility index (Phi) is 8.78. The van der Waals surface area contributed by atoms with E-state index in [1.54, 1.807) is 18.2 Å². The van der Waals surface area contributed by atoms with Gasteiger partial charge < -0.3 is 30.7 Å². The lowest BCUT2D eigenvalue weighted by Crippen LogP contribution is -2.06. The van der Waals surface area contributed by atoms with Crippen molar-refractivity contribution in [3.8, 4) is 11.5 Å². The van der Waals surface area contributed by atoms with Crippen LogP contribution in [0.3, 0.4) is 0 Å². The third kappa shape index (κ3) is 6.16. The van der Waals surface area contributed by atoms with Crippen molar-refractivity contribution in [2.24, 2.45) is 0 Å². The quantitative estimate of drug-likeness (QED) is 0.515. The zero-order chi connectivity index (χ0) is 16.5.